The zero-order valence-electron chi connectivity index (χ0n) is 20.9. The number of likely N-dealkylation sites (N-methyl/N-ethyl adjacent to an activating group) is 1. The Morgan fingerprint density at radius 2 is 1.76 bits per heavy atom. The summed E-state index contributed by atoms with van der Waals surface area (Å²) in [7, 11) is 3.06. The van der Waals surface area contributed by atoms with Crippen molar-refractivity contribution in [2.24, 2.45) is 17.6 Å². The van der Waals surface area contributed by atoms with Crippen LogP contribution in [-0.4, -0.2) is 68.5 Å². The number of phenolic OH excluding ortho intramolecular Hbond substituents is 1. The second-order valence-electron chi connectivity index (χ2n) is 10.4. The third-order valence-electron chi connectivity index (χ3n) is 8.02. The number of hydrogen-bond acceptors (Lipinski definition) is 8. The van der Waals surface area contributed by atoms with Crippen molar-refractivity contribution in [3.8, 4) is 16.9 Å². The molecule has 0 aromatic heterocycles. The van der Waals surface area contributed by atoms with Crippen LogP contribution >= 0.6 is 0 Å². The minimum Gasteiger partial charge on any atom is -0.508 e. The number of aliphatic hydroxyl groups is 3. The van der Waals surface area contributed by atoms with Crippen LogP contribution in [0.1, 0.15) is 23.1 Å². The van der Waals surface area contributed by atoms with E-state index in [-0.39, 0.29) is 35.3 Å². The van der Waals surface area contributed by atoms with Crippen molar-refractivity contribution >= 4 is 23.2 Å². The number of aromatic hydroxyl groups is 1. The first kappa shape index (κ1) is 25.6. The van der Waals surface area contributed by atoms with Crippen LogP contribution in [0.2, 0.25) is 0 Å². The van der Waals surface area contributed by atoms with E-state index < -0.39 is 63.9 Å². The van der Waals surface area contributed by atoms with Gasteiger partial charge in [-0.05, 0) is 68.6 Å². The maximum Gasteiger partial charge on any atom is 0.255 e. The molecule has 3 aliphatic carbocycles. The number of primary amides is 1. The number of carbonyl (C=O) groups excluding carboxylic acids is 3. The number of aliphatic hydroxyl groups excluding tert-OH is 2. The van der Waals surface area contributed by atoms with Gasteiger partial charge in [0.05, 0.1) is 11.6 Å². The Morgan fingerprint density at radius 3 is 2.37 bits per heavy atom. The van der Waals surface area contributed by atoms with Crippen molar-refractivity contribution in [3.63, 3.8) is 0 Å². The number of Topliss-reactive ketones (excluding diaryl/α,β-unsaturated/α-hetero) is 2. The lowest BCUT2D eigenvalue weighted by molar-refractivity contribution is -0.153. The average Bonchev–Trinajstić information content (AvgIpc) is 2.81. The summed E-state index contributed by atoms with van der Waals surface area (Å²) in [6, 6.07) is 6.32. The van der Waals surface area contributed by atoms with Gasteiger partial charge >= 0.3 is 0 Å². The molecule has 2 aromatic carbocycles. The Bertz CT molecular complexity index is 1510. The highest BCUT2D eigenvalue weighted by atomic mass is 19.1. The van der Waals surface area contributed by atoms with E-state index in [1.165, 1.54) is 37.2 Å². The molecule has 9 nitrogen and oxygen atoms in total. The largest absolute Gasteiger partial charge is 0.508 e. The molecule has 1 fully saturated rings. The van der Waals surface area contributed by atoms with Gasteiger partial charge in [-0.3, -0.25) is 19.3 Å². The molecular weight excluding hydrogens is 495 g/mol. The number of carbonyl (C=O) groups is 3. The minimum absolute atomic E-state index is 0.0444. The van der Waals surface area contributed by atoms with Gasteiger partial charge in [0.25, 0.3) is 5.91 Å². The van der Waals surface area contributed by atoms with E-state index in [0.29, 0.717) is 16.7 Å². The maximum atomic E-state index is 15.0. The molecule has 6 N–H and O–H groups in total. The van der Waals surface area contributed by atoms with Crippen molar-refractivity contribution in [2.75, 3.05) is 14.1 Å². The fourth-order valence-electron chi connectivity index (χ4n) is 6.33. The molecule has 38 heavy (non-hydrogen) atoms. The van der Waals surface area contributed by atoms with Gasteiger partial charge in [0, 0.05) is 17.1 Å². The Kier molecular flexibility index (Phi) is 5.73. The topological polar surface area (TPSA) is 161 Å². The number of halogens is 1. The van der Waals surface area contributed by atoms with Gasteiger partial charge in [-0.2, -0.15) is 0 Å². The van der Waals surface area contributed by atoms with Crippen molar-refractivity contribution in [1.29, 1.82) is 0 Å². The van der Waals surface area contributed by atoms with E-state index in [1.807, 2.05) is 0 Å². The number of fused-ring (bicyclic) bond motifs is 3. The third-order valence-corrected chi connectivity index (χ3v) is 8.02. The van der Waals surface area contributed by atoms with Gasteiger partial charge in [0.15, 0.2) is 11.4 Å². The molecule has 4 atom stereocenters. The fourth-order valence-corrected chi connectivity index (χ4v) is 6.33. The first-order valence-electron chi connectivity index (χ1n) is 12.1. The van der Waals surface area contributed by atoms with E-state index in [9.17, 15) is 39.2 Å². The molecule has 10 heteroatoms. The fraction of sp³-hybridized carbons (Fsp3) is 0.321. The van der Waals surface area contributed by atoms with E-state index in [1.54, 1.807) is 19.1 Å². The maximum absolute atomic E-state index is 15.0. The molecule has 2 aromatic rings. The van der Waals surface area contributed by atoms with Crippen molar-refractivity contribution in [3.05, 3.63) is 69.7 Å². The lowest BCUT2D eigenvalue weighted by Crippen LogP contribution is -2.65. The zero-order valence-corrected chi connectivity index (χ0v) is 20.9. The van der Waals surface area contributed by atoms with Crippen LogP contribution in [0.25, 0.3) is 16.9 Å². The summed E-state index contributed by atoms with van der Waals surface area (Å²) < 4.78 is 15.0. The van der Waals surface area contributed by atoms with Crippen LogP contribution in [0.3, 0.4) is 0 Å². The molecule has 0 heterocycles. The molecule has 0 aliphatic heterocycles. The molecule has 0 saturated heterocycles. The predicted octanol–water partition coefficient (Wildman–Crippen LogP) is 2.08. The van der Waals surface area contributed by atoms with Gasteiger partial charge in [-0.15, -0.1) is 0 Å². The number of benzene rings is 2. The number of nitrogens with two attached hydrogens (primary N) is 1. The zero-order chi connectivity index (χ0) is 27.8. The SMILES string of the molecule is Cc1ccc(-c2ccc(O)c3c2C[C@H]2C[C@H]4[C@H](N(C)C)C(=O)C(C(N)=O)=C(O)[C@@]4(O)C(=O)C2=C3O)c(F)c1. The summed E-state index contributed by atoms with van der Waals surface area (Å²) in [5.74, 6) is -7.76. The second-order valence-corrected chi connectivity index (χ2v) is 10.4. The number of nitrogens with zero attached hydrogens (tertiary/aromatic N) is 1. The Hall–Kier alpha value is -4.02. The first-order chi connectivity index (χ1) is 17.8. The summed E-state index contributed by atoms with van der Waals surface area (Å²) in [6.45, 7) is 1.74. The first-order valence-corrected chi connectivity index (χ1v) is 12.1. The number of aryl methyl sites for hydroxylation is 1. The molecule has 0 unspecified atom stereocenters. The molecule has 3 aliphatic rings. The molecule has 198 valence electrons. The van der Waals surface area contributed by atoms with E-state index in [0.717, 1.165) is 0 Å². The van der Waals surface area contributed by atoms with Gasteiger partial charge < -0.3 is 26.2 Å². The number of phenols is 1. The van der Waals surface area contributed by atoms with Gasteiger partial charge in [-0.25, -0.2) is 4.39 Å². The summed E-state index contributed by atoms with van der Waals surface area (Å²) in [5.41, 5.74) is 3.18. The van der Waals surface area contributed by atoms with Crippen LogP contribution in [0.15, 0.2) is 47.2 Å². The summed E-state index contributed by atoms with van der Waals surface area (Å²) >= 11 is 0. The quantitative estimate of drug-likeness (QED) is 0.383. The van der Waals surface area contributed by atoms with Gasteiger partial charge in [0.1, 0.15) is 28.7 Å². The molecule has 1 saturated carbocycles. The Balaban J connectivity index is 1.75. The number of ketones is 2. The van der Waals surface area contributed by atoms with Crippen molar-refractivity contribution in [2.45, 2.75) is 31.4 Å². The molecule has 0 bridgehead atoms. The minimum atomic E-state index is -2.71. The Labute approximate surface area is 217 Å². The number of hydrogen-bond donors (Lipinski definition) is 5. The highest BCUT2D eigenvalue weighted by Gasteiger charge is 2.64. The number of amides is 1. The molecular formula is C28H27FN2O7. The van der Waals surface area contributed by atoms with Crippen molar-refractivity contribution in [1.82, 2.24) is 4.90 Å². The predicted molar refractivity (Wildman–Crippen MR) is 134 cm³/mol. The monoisotopic (exact) mass is 522 g/mol. The molecule has 1 amide bonds. The standard InChI is InChI=1S/C28H27FN2O7/c1-11-4-5-14(17(29)8-11)13-6-7-18(32)20-15(13)9-12-10-16-22(31(2)3)24(34)21(27(30)37)26(36)28(16,38)25(35)19(12)23(20)33/h4-8,12,16,22,32-33,36,38H,9-10H2,1-3H3,(H2,30,37)/t12-,16-,22-,28-/m0/s1. The smallest absolute Gasteiger partial charge is 0.255 e. The number of rotatable bonds is 3. The van der Waals surface area contributed by atoms with Crippen molar-refractivity contribution < 1.29 is 39.2 Å². The second kappa shape index (κ2) is 8.50. The summed E-state index contributed by atoms with van der Waals surface area (Å²) in [5, 5.41) is 44.5. The average molecular weight is 523 g/mol. The normalized spacial score (nSPS) is 26.8. The highest BCUT2D eigenvalue weighted by Crippen LogP contribution is 2.53. The third kappa shape index (κ3) is 3.33. The molecule has 0 spiro atoms. The van der Waals surface area contributed by atoms with Gasteiger partial charge in [-0.1, -0.05) is 18.2 Å². The van der Waals surface area contributed by atoms with Gasteiger partial charge in [0.2, 0.25) is 5.78 Å². The van der Waals surface area contributed by atoms with Crippen LogP contribution < -0.4 is 5.73 Å². The van der Waals surface area contributed by atoms with E-state index >= 15 is 0 Å². The van der Waals surface area contributed by atoms with Crippen LogP contribution in [-0.2, 0) is 20.8 Å². The molecule has 0 radical (unpaired) electrons. The van der Waals surface area contributed by atoms with E-state index in [4.69, 9.17) is 5.73 Å². The Morgan fingerprint density at radius 1 is 1.11 bits per heavy atom. The summed E-state index contributed by atoms with van der Waals surface area (Å²) in [4.78, 5) is 40.5. The molecule has 5 rings (SSSR count). The van der Waals surface area contributed by atoms with E-state index in [2.05, 4.69) is 0 Å². The lowest BCUT2D eigenvalue weighted by atomic mass is 9.57. The van der Waals surface area contributed by atoms with Crippen LogP contribution in [0.5, 0.6) is 5.75 Å². The lowest BCUT2D eigenvalue weighted by Gasteiger charge is -2.50. The highest BCUT2D eigenvalue weighted by molar-refractivity contribution is 6.24. The summed E-state index contributed by atoms with van der Waals surface area (Å²) in [6.07, 6.45) is 0.0306. The van der Waals surface area contributed by atoms with Crippen LogP contribution in [0, 0.1) is 24.6 Å². The van der Waals surface area contributed by atoms with Crippen LogP contribution in [0.4, 0.5) is 4.39 Å².